The molecule has 41 heavy (non-hydrogen) atoms. The zero-order valence-electron chi connectivity index (χ0n) is 23.6. The number of nitrogens with zero attached hydrogens (tertiary/aromatic N) is 3. The van der Waals surface area contributed by atoms with Gasteiger partial charge in [0, 0.05) is 41.5 Å². The highest BCUT2D eigenvalue weighted by Crippen LogP contribution is 2.30. The number of ether oxygens (including phenoxy) is 1. The Kier molecular flexibility index (Phi) is 11.3. The topological polar surface area (TPSA) is 163 Å². The van der Waals surface area contributed by atoms with Crippen molar-refractivity contribution in [3.8, 4) is 0 Å². The summed E-state index contributed by atoms with van der Waals surface area (Å²) in [7, 11) is 3.61. The lowest BCUT2D eigenvalue weighted by Gasteiger charge is -2.22. The molecule has 0 aromatic heterocycles. The van der Waals surface area contributed by atoms with E-state index >= 15 is 0 Å². The lowest BCUT2D eigenvalue weighted by Crippen LogP contribution is -2.47. The third kappa shape index (κ3) is 9.32. The Labute approximate surface area is 241 Å². The zero-order chi connectivity index (χ0) is 30.1. The third-order valence-corrected chi connectivity index (χ3v) is 7.43. The van der Waals surface area contributed by atoms with Crippen molar-refractivity contribution in [2.45, 2.75) is 76.6 Å². The molecule has 4 aliphatic rings. The lowest BCUT2D eigenvalue weighted by molar-refractivity contribution is -0.136. The molecule has 2 aliphatic heterocycles. The molecule has 0 radical (unpaired) electrons. The fourth-order valence-corrected chi connectivity index (χ4v) is 5.02. The van der Waals surface area contributed by atoms with Gasteiger partial charge in [0.15, 0.2) is 0 Å². The number of nitrogens with two attached hydrogens (primary N) is 1. The quantitative estimate of drug-likeness (QED) is 0.481. The molecule has 1 aromatic rings. The van der Waals surface area contributed by atoms with E-state index in [2.05, 4.69) is 5.32 Å². The number of carbonyl (C=O) groups excluding carboxylic acids is 4. The van der Waals surface area contributed by atoms with Crippen LogP contribution < -0.4 is 11.1 Å². The average Bonchev–Trinajstić information content (AvgIpc) is 3.30. The van der Waals surface area contributed by atoms with E-state index in [-0.39, 0.29) is 33.8 Å². The number of amides is 5. The minimum Gasteiger partial charge on any atom is -0.465 e. The summed E-state index contributed by atoms with van der Waals surface area (Å²) in [6, 6.07) is 4.15. The van der Waals surface area contributed by atoms with Gasteiger partial charge in [0.25, 0.3) is 0 Å². The van der Waals surface area contributed by atoms with Crippen molar-refractivity contribution in [3.63, 3.8) is 0 Å². The SMILES string of the molecule is CN(C)C(=O)C1CC1.NC(=O)[C@@H]1CCCN1C(=O)CNC(=O)OC1CCCC1.O=C(O)N1Cc2cccc(F)c2C1.[HH].[HH]. The van der Waals surface area contributed by atoms with Gasteiger partial charge in [-0.15, -0.1) is 0 Å². The van der Waals surface area contributed by atoms with E-state index in [1.807, 2.05) is 0 Å². The average molecular weight is 582 g/mol. The van der Waals surface area contributed by atoms with Crippen LogP contribution in [0, 0.1) is 11.7 Å². The Morgan fingerprint density at radius 3 is 2.29 bits per heavy atom. The molecule has 1 aromatic carbocycles. The van der Waals surface area contributed by atoms with E-state index in [1.54, 1.807) is 31.1 Å². The van der Waals surface area contributed by atoms with Crippen LogP contribution >= 0.6 is 0 Å². The molecule has 230 valence electrons. The molecule has 13 heteroatoms. The fourth-order valence-electron chi connectivity index (χ4n) is 5.02. The van der Waals surface area contributed by atoms with E-state index in [1.165, 1.54) is 15.9 Å². The molecule has 0 bridgehead atoms. The highest BCUT2D eigenvalue weighted by atomic mass is 19.1. The molecule has 5 rings (SSSR count). The number of hydrogen-bond donors (Lipinski definition) is 3. The van der Waals surface area contributed by atoms with Crippen molar-refractivity contribution in [1.29, 1.82) is 0 Å². The van der Waals surface area contributed by atoms with E-state index in [9.17, 15) is 28.4 Å². The Morgan fingerprint density at radius 2 is 1.76 bits per heavy atom. The summed E-state index contributed by atoms with van der Waals surface area (Å²) in [5.41, 5.74) is 6.52. The van der Waals surface area contributed by atoms with Gasteiger partial charge in [-0.25, -0.2) is 14.0 Å². The second-order valence-electron chi connectivity index (χ2n) is 10.8. The molecule has 2 saturated carbocycles. The van der Waals surface area contributed by atoms with Crippen LogP contribution in [-0.2, 0) is 32.2 Å². The van der Waals surface area contributed by atoms with Crippen molar-refractivity contribution in [1.82, 2.24) is 20.0 Å². The first-order chi connectivity index (χ1) is 19.5. The fraction of sp³-hybridized carbons (Fsp3) is 0.607. The molecule has 1 atom stereocenters. The minimum absolute atomic E-state index is 0. The first kappa shape index (κ1) is 31.6. The number of fused-ring (bicyclic) bond motifs is 1. The molecule has 2 aliphatic carbocycles. The normalized spacial score (nSPS) is 19.2. The van der Waals surface area contributed by atoms with Crippen LogP contribution in [0.3, 0.4) is 0 Å². The Balaban J connectivity index is 0.000000346. The molecule has 0 unspecified atom stereocenters. The summed E-state index contributed by atoms with van der Waals surface area (Å²) in [5, 5.41) is 11.1. The van der Waals surface area contributed by atoms with Crippen LogP contribution in [0.1, 0.15) is 65.3 Å². The Bertz CT molecular complexity index is 1130. The van der Waals surface area contributed by atoms with Gasteiger partial charge in [0.05, 0.1) is 6.54 Å². The van der Waals surface area contributed by atoms with Crippen LogP contribution in [0.2, 0.25) is 0 Å². The van der Waals surface area contributed by atoms with Gasteiger partial charge in [-0.05, 0) is 63.0 Å². The smallest absolute Gasteiger partial charge is 0.407 e. The number of nitrogens with one attached hydrogen (secondary N) is 1. The summed E-state index contributed by atoms with van der Waals surface area (Å²) >= 11 is 0. The molecule has 3 fully saturated rings. The summed E-state index contributed by atoms with van der Waals surface area (Å²) in [6.07, 6.45) is 5.88. The number of halogens is 1. The first-order valence-corrected chi connectivity index (χ1v) is 14.0. The van der Waals surface area contributed by atoms with Gasteiger partial charge in [0.1, 0.15) is 24.5 Å². The van der Waals surface area contributed by atoms with Crippen molar-refractivity contribution in [2.75, 3.05) is 27.2 Å². The summed E-state index contributed by atoms with van der Waals surface area (Å²) < 4.78 is 18.3. The highest BCUT2D eigenvalue weighted by Gasteiger charge is 2.33. The molecular formula is C28H44FN5O7. The summed E-state index contributed by atoms with van der Waals surface area (Å²) in [5.74, 6) is -0.435. The number of alkyl carbamates (subject to hydrolysis) is 1. The molecule has 4 N–H and O–H groups in total. The zero-order valence-corrected chi connectivity index (χ0v) is 23.6. The predicted molar refractivity (Wildman–Crippen MR) is 150 cm³/mol. The van der Waals surface area contributed by atoms with Crippen LogP contribution in [0.5, 0.6) is 0 Å². The first-order valence-electron chi connectivity index (χ1n) is 14.0. The summed E-state index contributed by atoms with van der Waals surface area (Å²) in [6.45, 7) is 0.806. The van der Waals surface area contributed by atoms with Crippen LogP contribution in [0.25, 0.3) is 0 Å². The highest BCUT2D eigenvalue weighted by molar-refractivity contribution is 5.89. The monoisotopic (exact) mass is 581 g/mol. The van der Waals surface area contributed by atoms with E-state index in [0.29, 0.717) is 36.9 Å². The van der Waals surface area contributed by atoms with E-state index < -0.39 is 24.1 Å². The molecule has 1 saturated heterocycles. The predicted octanol–water partition coefficient (Wildman–Crippen LogP) is 2.93. The number of primary amides is 1. The number of rotatable bonds is 5. The number of carboxylic acid groups (broad SMARTS) is 1. The maximum Gasteiger partial charge on any atom is 0.407 e. The maximum atomic E-state index is 13.1. The molecular weight excluding hydrogens is 537 g/mol. The van der Waals surface area contributed by atoms with Crippen molar-refractivity contribution in [2.24, 2.45) is 11.7 Å². The van der Waals surface area contributed by atoms with Crippen molar-refractivity contribution in [3.05, 3.63) is 35.1 Å². The van der Waals surface area contributed by atoms with Gasteiger partial charge >= 0.3 is 12.2 Å². The standard InChI is InChI=1S/C13H21N3O4.C9H8FNO2.C6H11NO.2H2/c14-12(18)10-6-3-7-16(10)11(17)8-15-13(19)20-9-4-1-2-5-9;10-8-3-1-2-6-4-11(9(12)13)5-7(6)8;1-7(2)6(8)5-3-4-5;;/h9-10H,1-8H2,(H2,14,18)(H,15,19);1-3H,4-5H2,(H,12,13);5H,3-4H2,1-2H3;2*1H/t10-;;;;/m0..../s1. The van der Waals surface area contributed by atoms with Gasteiger partial charge in [0.2, 0.25) is 17.7 Å². The second kappa shape index (κ2) is 14.6. The van der Waals surface area contributed by atoms with E-state index in [0.717, 1.165) is 50.5 Å². The molecule has 0 spiro atoms. The molecule has 2 heterocycles. The molecule has 12 nitrogen and oxygen atoms in total. The van der Waals surface area contributed by atoms with Crippen LogP contribution in [-0.4, -0.2) is 89.0 Å². The number of hydrogen-bond acceptors (Lipinski definition) is 6. The van der Waals surface area contributed by atoms with Gasteiger partial charge < -0.3 is 30.7 Å². The largest absolute Gasteiger partial charge is 0.465 e. The van der Waals surface area contributed by atoms with Crippen LogP contribution in [0.15, 0.2) is 18.2 Å². The minimum atomic E-state index is -1.00. The van der Waals surface area contributed by atoms with Crippen LogP contribution in [0.4, 0.5) is 14.0 Å². The van der Waals surface area contributed by atoms with Crippen molar-refractivity contribution >= 4 is 29.9 Å². The Morgan fingerprint density at radius 1 is 1.07 bits per heavy atom. The van der Waals surface area contributed by atoms with E-state index in [4.69, 9.17) is 15.6 Å². The van der Waals surface area contributed by atoms with Gasteiger partial charge in [-0.2, -0.15) is 0 Å². The molecule has 5 amide bonds. The Hall–Kier alpha value is -3.90. The lowest BCUT2D eigenvalue weighted by atomic mass is 10.1. The number of benzene rings is 1. The number of likely N-dealkylation sites (tertiary alicyclic amines) is 1. The number of carbonyl (C=O) groups is 5. The maximum absolute atomic E-state index is 13.1. The van der Waals surface area contributed by atoms with Gasteiger partial charge in [-0.3, -0.25) is 19.3 Å². The third-order valence-electron chi connectivity index (χ3n) is 7.43. The van der Waals surface area contributed by atoms with Gasteiger partial charge in [-0.1, -0.05) is 12.1 Å². The second-order valence-corrected chi connectivity index (χ2v) is 10.8. The van der Waals surface area contributed by atoms with Crippen molar-refractivity contribution < 1.29 is 41.1 Å². The summed E-state index contributed by atoms with van der Waals surface area (Å²) in [4.78, 5) is 60.4.